The zero-order chi connectivity index (χ0) is 13.1. The summed E-state index contributed by atoms with van der Waals surface area (Å²) in [6.07, 6.45) is 2.51. The van der Waals surface area contributed by atoms with Crippen molar-refractivity contribution in [3.8, 4) is 0 Å². The zero-order valence-electron chi connectivity index (χ0n) is 10.2. The first-order valence-electron chi connectivity index (χ1n) is 5.97. The fraction of sp³-hybridized carbons (Fsp3) is 0.545. The van der Waals surface area contributed by atoms with Gasteiger partial charge in [0.25, 0.3) is 0 Å². The number of rotatable bonds is 6. The summed E-state index contributed by atoms with van der Waals surface area (Å²) in [4.78, 5) is 14.5. The van der Waals surface area contributed by atoms with E-state index in [1.807, 2.05) is 0 Å². The van der Waals surface area contributed by atoms with E-state index in [4.69, 9.17) is 5.84 Å². The molecule has 0 aliphatic heterocycles. The Labute approximate surface area is 105 Å². The Bertz CT molecular complexity index is 447. The number of nitrogens with zero attached hydrogens (tertiary/aromatic N) is 2. The summed E-state index contributed by atoms with van der Waals surface area (Å²) in [7, 11) is 0. The van der Waals surface area contributed by atoms with Crippen LogP contribution in [0.25, 0.3) is 0 Å². The van der Waals surface area contributed by atoms with Crippen molar-refractivity contribution in [2.75, 3.05) is 17.3 Å². The molecule has 98 valence electrons. The quantitative estimate of drug-likeness (QED) is 0.404. The number of hydrogen-bond donors (Lipinski definition) is 3. The van der Waals surface area contributed by atoms with E-state index in [9.17, 15) is 10.1 Å². The van der Waals surface area contributed by atoms with E-state index in [0.717, 1.165) is 5.92 Å². The lowest BCUT2D eigenvalue weighted by Crippen LogP contribution is -2.16. The van der Waals surface area contributed by atoms with Crippen molar-refractivity contribution in [1.29, 1.82) is 0 Å². The van der Waals surface area contributed by atoms with Crippen LogP contribution in [0.1, 0.15) is 19.8 Å². The van der Waals surface area contributed by atoms with Gasteiger partial charge in [-0.15, -0.1) is 0 Å². The average molecular weight is 251 g/mol. The lowest BCUT2D eigenvalue weighted by atomic mass is 10.1. The Morgan fingerprint density at radius 1 is 1.61 bits per heavy atom. The van der Waals surface area contributed by atoms with Gasteiger partial charge in [0.2, 0.25) is 5.82 Å². The number of pyridine rings is 1. The van der Waals surface area contributed by atoms with Crippen LogP contribution in [-0.2, 0) is 0 Å². The number of nitrogen functional groups attached to an aromatic ring is 1. The second-order valence-corrected chi connectivity index (χ2v) is 4.66. The van der Waals surface area contributed by atoms with Crippen molar-refractivity contribution in [3.63, 3.8) is 0 Å². The Hall–Kier alpha value is -1.89. The third-order valence-electron chi connectivity index (χ3n) is 3.24. The van der Waals surface area contributed by atoms with Gasteiger partial charge in [-0.3, -0.25) is 10.1 Å². The van der Waals surface area contributed by atoms with Crippen LogP contribution in [0.5, 0.6) is 0 Å². The van der Waals surface area contributed by atoms with Crippen molar-refractivity contribution in [2.24, 2.45) is 17.7 Å². The number of anilines is 2. The molecule has 1 aromatic rings. The molecule has 7 nitrogen and oxygen atoms in total. The minimum Gasteiger partial charge on any atom is -0.364 e. The molecule has 0 saturated heterocycles. The summed E-state index contributed by atoms with van der Waals surface area (Å²) in [6.45, 7) is 2.83. The van der Waals surface area contributed by atoms with Gasteiger partial charge in [-0.05, 0) is 30.7 Å². The van der Waals surface area contributed by atoms with Crippen molar-refractivity contribution in [1.82, 2.24) is 4.98 Å². The largest absolute Gasteiger partial charge is 0.364 e. The fourth-order valence-corrected chi connectivity index (χ4v) is 1.90. The Balaban J connectivity index is 2.09. The van der Waals surface area contributed by atoms with E-state index < -0.39 is 4.92 Å². The molecule has 1 fully saturated rings. The average Bonchev–Trinajstić information content (AvgIpc) is 3.19. The summed E-state index contributed by atoms with van der Waals surface area (Å²) < 4.78 is 0. The molecule has 7 heteroatoms. The standard InChI is InChI=1S/C11H17N5O2/c1-7(8-2-3-8)6-13-11-9(16(17)18)4-5-10(14-11)15-12/h4-5,7-8H,2-3,6,12H2,1H3,(H2,13,14,15). The summed E-state index contributed by atoms with van der Waals surface area (Å²) in [5, 5.41) is 13.9. The van der Waals surface area contributed by atoms with Gasteiger partial charge in [-0.25, -0.2) is 10.8 Å². The summed E-state index contributed by atoms with van der Waals surface area (Å²) in [5.74, 6) is 7.16. The number of nitrogens with one attached hydrogen (secondary N) is 2. The number of nitro groups is 1. The molecule has 1 saturated carbocycles. The van der Waals surface area contributed by atoms with Crippen LogP contribution < -0.4 is 16.6 Å². The fourth-order valence-electron chi connectivity index (χ4n) is 1.90. The van der Waals surface area contributed by atoms with Crippen molar-refractivity contribution in [3.05, 3.63) is 22.2 Å². The highest BCUT2D eigenvalue weighted by molar-refractivity contribution is 5.59. The highest BCUT2D eigenvalue weighted by Crippen LogP contribution is 2.36. The van der Waals surface area contributed by atoms with Crippen molar-refractivity contribution < 1.29 is 4.92 Å². The smallest absolute Gasteiger partial charge is 0.311 e. The molecule has 0 bridgehead atoms. The first-order chi connectivity index (χ1) is 8.61. The van der Waals surface area contributed by atoms with Crippen LogP contribution >= 0.6 is 0 Å². The second kappa shape index (κ2) is 5.18. The molecule has 18 heavy (non-hydrogen) atoms. The second-order valence-electron chi connectivity index (χ2n) is 4.66. The van der Waals surface area contributed by atoms with Crippen molar-refractivity contribution in [2.45, 2.75) is 19.8 Å². The predicted molar refractivity (Wildman–Crippen MR) is 69.1 cm³/mol. The summed E-state index contributed by atoms with van der Waals surface area (Å²) >= 11 is 0. The maximum Gasteiger partial charge on any atom is 0.311 e. The van der Waals surface area contributed by atoms with Gasteiger partial charge in [0.05, 0.1) is 4.92 Å². The summed E-state index contributed by atoms with van der Waals surface area (Å²) in [6, 6.07) is 2.87. The van der Waals surface area contributed by atoms with E-state index >= 15 is 0 Å². The molecular formula is C11H17N5O2. The molecule has 1 aliphatic rings. The van der Waals surface area contributed by atoms with Crippen LogP contribution in [0.15, 0.2) is 12.1 Å². The molecule has 1 heterocycles. The van der Waals surface area contributed by atoms with E-state index in [1.165, 1.54) is 25.0 Å². The van der Waals surface area contributed by atoms with Gasteiger partial charge in [0.15, 0.2) is 0 Å². The predicted octanol–water partition coefficient (Wildman–Crippen LogP) is 1.73. The van der Waals surface area contributed by atoms with Crippen molar-refractivity contribution >= 4 is 17.3 Å². The molecule has 0 spiro atoms. The van der Waals surface area contributed by atoms with Crippen LogP contribution in [0.2, 0.25) is 0 Å². The molecule has 0 amide bonds. The van der Waals surface area contributed by atoms with Gasteiger partial charge in [-0.1, -0.05) is 6.92 Å². The molecule has 4 N–H and O–H groups in total. The van der Waals surface area contributed by atoms with Gasteiger partial charge in [0, 0.05) is 12.6 Å². The molecule has 0 aromatic carbocycles. The lowest BCUT2D eigenvalue weighted by molar-refractivity contribution is -0.384. The Kier molecular flexibility index (Phi) is 3.61. The third kappa shape index (κ3) is 2.86. The van der Waals surface area contributed by atoms with Crippen LogP contribution in [0.3, 0.4) is 0 Å². The molecule has 2 rings (SSSR count). The highest BCUT2D eigenvalue weighted by Gasteiger charge is 2.28. The maximum absolute atomic E-state index is 10.9. The molecule has 0 radical (unpaired) electrons. The molecule has 1 unspecified atom stereocenters. The number of hydrogen-bond acceptors (Lipinski definition) is 6. The monoisotopic (exact) mass is 251 g/mol. The van der Waals surface area contributed by atoms with E-state index in [-0.39, 0.29) is 11.5 Å². The molecule has 1 atom stereocenters. The summed E-state index contributed by atoms with van der Waals surface area (Å²) in [5.41, 5.74) is 2.35. The molecular weight excluding hydrogens is 234 g/mol. The van der Waals surface area contributed by atoms with Gasteiger partial charge < -0.3 is 10.7 Å². The number of aromatic nitrogens is 1. The normalized spacial score (nSPS) is 16.1. The minimum atomic E-state index is -0.447. The van der Waals surface area contributed by atoms with Crippen LogP contribution in [0.4, 0.5) is 17.3 Å². The lowest BCUT2D eigenvalue weighted by Gasteiger charge is -2.12. The Morgan fingerprint density at radius 2 is 2.33 bits per heavy atom. The van der Waals surface area contributed by atoms with Gasteiger partial charge in [-0.2, -0.15) is 0 Å². The van der Waals surface area contributed by atoms with Crippen LogP contribution in [0, 0.1) is 22.0 Å². The first kappa shape index (κ1) is 12.6. The first-order valence-corrected chi connectivity index (χ1v) is 5.97. The highest BCUT2D eigenvalue weighted by atomic mass is 16.6. The topological polar surface area (TPSA) is 106 Å². The molecule has 1 aromatic heterocycles. The van der Waals surface area contributed by atoms with E-state index in [0.29, 0.717) is 18.3 Å². The van der Waals surface area contributed by atoms with Crippen LogP contribution in [-0.4, -0.2) is 16.5 Å². The van der Waals surface area contributed by atoms with E-state index in [2.05, 4.69) is 22.7 Å². The third-order valence-corrected chi connectivity index (χ3v) is 3.24. The zero-order valence-corrected chi connectivity index (χ0v) is 10.2. The SMILES string of the molecule is CC(CNc1nc(NN)ccc1[N+](=O)[O-])C1CC1. The van der Waals surface area contributed by atoms with E-state index in [1.54, 1.807) is 0 Å². The minimum absolute atomic E-state index is 0.0306. The number of nitrogens with two attached hydrogens (primary N) is 1. The molecule has 1 aliphatic carbocycles. The van der Waals surface area contributed by atoms with Gasteiger partial charge >= 0.3 is 5.69 Å². The maximum atomic E-state index is 10.9. The Morgan fingerprint density at radius 3 is 2.89 bits per heavy atom. The van der Waals surface area contributed by atoms with Gasteiger partial charge in [0.1, 0.15) is 5.82 Å². The number of hydrazine groups is 1.